The van der Waals surface area contributed by atoms with Gasteiger partial charge in [-0.2, -0.15) is 0 Å². The molecule has 82 valence electrons. The number of hydrogen-bond acceptors (Lipinski definition) is 4. The Morgan fingerprint density at radius 1 is 1.00 bits per heavy atom. The van der Waals surface area contributed by atoms with E-state index in [1.807, 2.05) is 19.9 Å². The predicted molar refractivity (Wildman–Crippen MR) is 58.8 cm³/mol. The molecule has 0 aliphatic carbocycles. The Balaban J connectivity index is 3.51. The lowest BCUT2D eigenvalue weighted by Gasteiger charge is -2.17. The van der Waals surface area contributed by atoms with Crippen LogP contribution in [0, 0.1) is 13.8 Å². The van der Waals surface area contributed by atoms with Gasteiger partial charge in [0.2, 0.25) is 0 Å². The van der Waals surface area contributed by atoms with Crippen LogP contribution in [0.1, 0.15) is 11.1 Å². The lowest BCUT2D eigenvalue weighted by atomic mass is 9.76. The molecule has 0 aromatic heterocycles. The largest absolute Gasteiger partial charge is 0.497 e. The van der Waals surface area contributed by atoms with Crippen LogP contribution in [0.3, 0.4) is 0 Å². The Hall–Kier alpha value is -1.20. The van der Waals surface area contributed by atoms with Gasteiger partial charge in [0, 0.05) is 0 Å². The highest BCUT2D eigenvalue weighted by atomic mass is 16.5. The van der Waals surface area contributed by atoms with Gasteiger partial charge in [-0.25, -0.2) is 0 Å². The van der Waals surface area contributed by atoms with Gasteiger partial charge in [-0.05, 0) is 31.0 Å². The van der Waals surface area contributed by atoms with Crippen LogP contribution in [0.15, 0.2) is 6.07 Å². The van der Waals surface area contributed by atoms with E-state index in [0.29, 0.717) is 11.5 Å². The predicted octanol–water partition coefficient (Wildman–Crippen LogP) is 0.000440. The number of ether oxygens (including phenoxy) is 2. The van der Waals surface area contributed by atoms with E-state index in [0.717, 1.165) is 11.1 Å². The Bertz CT molecular complexity index is 335. The quantitative estimate of drug-likeness (QED) is 0.689. The van der Waals surface area contributed by atoms with Crippen molar-refractivity contribution in [2.75, 3.05) is 14.2 Å². The van der Waals surface area contributed by atoms with Gasteiger partial charge in [-0.1, -0.05) is 0 Å². The van der Waals surface area contributed by atoms with E-state index in [4.69, 9.17) is 9.47 Å². The molecule has 0 bridgehead atoms. The Morgan fingerprint density at radius 3 is 1.67 bits per heavy atom. The first-order valence-corrected chi connectivity index (χ1v) is 4.61. The molecule has 4 nitrogen and oxygen atoms in total. The molecule has 1 aromatic rings. The number of aryl methyl sites for hydroxylation is 2. The summed E-state index contributed by atoms with van der Waals surface area (Å²) in [6, 6.07) is 1.88. The van der Waals surface area contributed by atoms with Crippen molar-refractivity contribution >= 4 is 12.6 Å². The zero-order chi connectivity index (χ0) is 11.6. The molecule has 0 aliphatic heterocycles. The molecule has 0 amide bonds. The Kier molecular flexibility index (Phi) is 3.60. The van der Waals surface area contributed by atoms with Crippen LogP contribution in [0.25, 0.3) is 0 Å². The monoisotopic (exact) mass is 210 g/mol. The second-order valence-corrected chi connectivity index (χ2v) is 3.36. The normalized spacial score (nSPS) is 10.0. The Labute approximate surface area is 89.6 Å². The average molecular weight is 210 g/mol. The third-order valence-corrected chi connectivity index (χ3v) is 2.31. The molecule has 2 N–H and O–H groups in total. The summed E-state index contributed by atoms with van der Waals surface area (Å²) in [6.07, 6.45) is 0. The van der Waals surface area contributed by atoms with E-state index in [2.05, 4.69) is 0 Å². The van der Waals surface area contributed by atoms with Crippen LogP contribution in [0.4, 0.5) is 0 Å². The highest BCUT2D eigenvalue weighted by molar-refractivity contribution is 6.61. The third-order valence-electron chi connectivity index (χ3n) is 2.31. The van der Waals surface area contributed by atoms with Gasteiger partial charge in [0.1, 0.15) is 11.5 Å². The van der Waals surface area contributed by atoms with Crippen molar-refractivity contribution in [2.24, 2.45) is 0 Å². The van der Waals surface area contributed by atoms with E-state index >= 15 is 0 Å². The van der Waals surface area contributed by atoms with Gasteiger partial charge < -0.3 is 19.5 Å². The van der Waals surface area contributed by atoms with E-state index in [1.54, 1.807) is 0 Å². The van der Waals surface area contributed by atoms with Crippen molar-refractivity contribution in [1.29, 1.82) is 0 Å². The van der Waals surface area contributed by atoms with Crippen LogP contribution in [-0.2, 0) is 0 Å². The third kappa shape index (κ3) is 2.08. The fraction of sp³-hybridized carbons (Fsp3) is 0.400. The number of rotatable bonds is 3. The van der Waals surface area contributed by atoms with E-state index in [-0.39, 0.29) is 5.46 Å². The summed E-state index contributed by atoms with van der Waals surface area (Å²) < 4.78 is 10.3. The van der Waals surface area contributed by atoms with Crippen LogP contribution >= 0.6 is 0 Å². The molecular formula is C10H15BO4. The fourth-order valence-electron chi connectivity index (χ4n) is 1.76. The van der Waals surface area contributed by atoms with Crippen LogP contribution in [0.5, 0.6) is 11.5 Å². The fourth-order valence-corrected chi connectivity index (χ4v) is 1.76. The summed E-state index contributed by atoms with van der Waals surface area (Å²) in [5.41, 5.74) is 1.97. The van der Waals surface area contributed by atoms with Crippen molar-refractivity contribution in [3.05, 3.63) is 17.2 Å². The molecule has 0 fully saturated rings. The molecule has 0 saturated carbocycles. The summed E-state index contributed by atoms with van der Waals surface area (Å²) in [5.74, 6) is 0.903. The van der Waals surface area contributed by atoms with Crippen LogP contribution in [0.2, 0.25) is 0 Å². The molecule has 0 radical (unpaired) electrons. The minimum atomic E-state index is -1.60. The maximum absolute atomic E-state index is 9.29. The number of hydrogen-bond donors (Lipinski definition) is 2. The summed E-state index contributed by atoms with van der Waals surface area (Å²) in [5, 5.41) is 18.6. The summed E-state index contributed by atoms with van der Waals surface area (Å²) in [6.45, 7) is 3.69. The average Bonchev–Trinajstić information content (AvgIpc) is 2.16. The van der Waals surface area contributed by atoms with Crippen molar-refractivity contribution < 1.29 is 19.5 Å². The molecule has 1 aromatic carbocycles. The summed E-state index contributed by atoms with van der Waals surface area (Å²) in [7, 11) is 1.37. The molecule has 0 atom stereocenters. The molecule has 15 heavy (non-hydrogen) atoms. The van der Waals surface area contributed by atoms with Crippen molar-refractivity contribution in [3.8, 4) is 11.5 Å². The number of methoxy groups -OCH3 is 2. The van der Waals surface area contributed by atoms with E-state index < -0.39 is 7.12 Å². The topological polar surface area (TPSA) is 58.9 Å². The van der Waals surface area contributed by atoms with E-state index in [9.17, 15) is 10.0 Å². The molecule has 0 saturated heterocycles. The Morgan fingerprint density at radius 2 is 1.40 bits per heavy atom. The van der Waals surface area contributed by atoms with Crippen molar-refractivity contribution in [1.82, 2.24) is 0 Å². The maximum atomic E-state index is 9.29. The highest BCUT2D eigenvalue weighted by Gasteiger charge is 2.25. The molecule has 1 rings (SSSR count). The van der Waals surface area contributed by atoms with E-state index in [1.165, 1.54) is 14.2 Å². The first-order chi connectivity index (χ1) is 7.02. The minimum absolute atomic E-state index is 0.275. The zero-order valence-corrected chi connectivity index (χ0v) is 9.37. The molecule has 5 heteroatoms. The smallest absolute Gasteiger partial charge is 0.496 e. The van der Waals surface area contributed by atoms with Gasteiger partial charge in [0.25, 0.3) is 0 Å². The summed E-state index contributed by atoms with van der Waals surface area (Å²) in [4.78, 5) is 0. The molecule has 0 aliphatic rings. The molecule has 0 spiro atoms. The molecule has 0 heterocycles. The van der Waals surface area contributed by atoms with Crippen LogP contribution in [-0.4, -0.2) is 31.4 Å². The van der Waals surface area contributed by atoms with Gasteiger partial charge in [0.05, 0.1) is 19.7 Å². The van der Waals surface area contributed by atoms with Crippen LogP contribution < -0.4 is 14.9 Å². The standard InChI is InChI=1S/C10H15BO4/c1-6-5-7(2)10(15-4)8(11(12)13)9(6)14-3/h5,12-13H,1-4H3. The molecular weight excluding hydrogens is 195 g/mol. The second-order valence-electron chi connectivity index (χ2n) is 3.36. The highest BCUT2D eigenvalue weighted by Crippen LogP contribution is 2.25. The summed E-state index contributed by atoms with van der Waals surface area (Å²) >= 11 is 0. The van der Waals surface area contributed by atoms with Gasteiger partial charge in [-0.3, -0.25) is 0 Å². The van der Waals surface area contributed by atoms with Gasteiger partial charge >= 0.3 is 7.12 Å². The number of benzene rings is 1. The first kappa shape index (κ1) is 11.9. The van der Waals surface area contributed by atoms with Gasteiger partial charge in [-0.15, -0.1) is 0 Å². The first-order valence-electron chi connectivity index (χ1n) is 4.61. The lowest BCUT2D eigenvalue weighted by molar-refractivity contribution is 0.382. The minimum Gasteiger partial charge on any atom is -0.497 e. The second kappa shape index (κ2) is 4.55. The van der Waals surface area contributed by atoms with Gasteiger partial charge in [0.15, 0.2) is 0 Å². The zero-order valence-electron chi connectivity index (χ0n) is 9.37. The maximum Gasteiger partial charge on any atom is 0.496 e. The SMILES string of the molecule is COc1c(C)cc(C)c(OC)c1B(O)O. The molecule has 0 unspecified atom stereocenters. The lowest BCUT2D eigenvalue weighted by Crippen LogP contribution is -2.33. The van der Waals surface area contributed by atoms with Crippen molar-refractivity contribution in [2.45, 2.75) is 13.8 Å². The van der Waals surface area contributed by atoms with Crippen molar-refractivity contribution in [3.63, 3.8) is 0 Å².